The van der Waals surface area contributed by atoms with Crippen LogP contribution in [-0.2, 0) is 0 Å². The van der Waals surface area contributed by atoms with Gasteiger partial charge in [-0.3, -0.25) is 9.18 Å². The first-order chi connectivity index (χ1) is 5.74. The molecular weight excluding hydrogens is 162 g/mol. The minimum Gasteiger partial charge on any atom is -0.294 e. The molecule has 0 radical (unpaired) electrons. The van der Waals surface area contributed by atoms with E-state index in [1.165, 1.54) is 18.2 Å². The number of halogens is 2. The van der Waals surface area contributed by atoms with Crippen molar-refractivity contribution < 1.29 is 13.6 Å². The molecule has 0 aliphatic rings. The molecule has 0 aromatic heterocycles. The minimum absolute atomic E-state index is 0.177. The third-order valence-electron chi connectivity index (χ3n) is 1.47. The van der Waals surface area contributed by atoms with E-state index in [1.807, 2.05) is 0 Å². The van der Waals surface area contributed by atoms with Crippen molar-refractivity contribution in [2.75, 3.05) is 6.67 Å². The van der Waals surface area contributed by atoms with Gasteiger partial charge in [-0.2, -0.15) is 0 Å². The van der Waals surface area contributed by atoms with E-state index in [1.54, 1.807) is 0 Å². The van der Waals surface area contributed by atoms with Crippen molar-refractivity contribution in [3.05, 3.63) is 35.6 Å². The standard InChI is InChI=1S/C9H8F2O/c10-5-4-9(12)7-2-1-3-8(11)6-7/h1-3,6H,4-5H2. The predicted octanol–water partition coefficient (Wildman–Crippen LogP) is 2.37. The molecule has 12 heavy (non-hydrogen) atoms. The number of Topliss-reactive ketones (excluding diaryl/α,β-unsaturated/α-hetero) is 1. The highest BCUT2D eigenvalue weighted by atomic mass is 19.1. The Morgan fingerprint density at radius 3 is 2.75 bits per heavy atom. The highest BCUT2D eigenvalue weighted by Gasteiger charge is 2.05. The van der Waals surface area contributed by atoms with Gasteiger partial charge in [-0.25, -0.2) is 4.39 Å². The van der Waals surface area contributed by atoms with E-state index in [4.69, 9.17) is 0 Å². The lowest BCUT2D eigenvalue weighted by molar-refractivity contribution is 0.0973. The summed E-state index contributed by atoms with van der Waals surface area (Å²) in [5, 5.41) is 0. The quantitative estimate of drug-likeness (QED) is 0.636. The molecule has 0 amide bonds. The fourth-order valence-corrected chi connectivity index (χ4v) is 0.892. The summed E-state index contributed by atoms with van der Waals surface area (Å²) in [6.45, 7) is -0.699. The Hall–Kier alpha value is -1.25. The fourth-order valence-electron chi connectivity index (χ4n) is 0.892. The van der Waals surface area contributed by atoms with Crippen molar-refractivity contribution in [2.24, 2.45) is 0 Å². The maximum atomic E-state index is 12.5. The fraction of sp³-hybridized carbons (Fsp3) is 0.222. The van der Waals surface area contributed by atoms with Crippen LogP contribution < -0.4 is 0 Å². The van der Waals surface area contributed by atoms with Crippen LogP contribution in [0.15, 0.2) is 24.3 Å². The van der Waals surface area contributed by atoms with E-state index in [0.717, 1.165) is 6.07 Å². The molecule has 0 N–H and O–H groups in total. The monoisotopic (exact) mass is 170 g/mol. The maximum Gasteiger partial charge on any atom is 0.165 e. The van der Waals surface area contributed by atoms with Gasteiger partial charge in [0.15, 0.2) is 5.78 Å². The summed E-state index contributed by atoms with van der Waals surface area (Å²) in [6, 6.07) is 5.26. The number of carbonyl (C=O) groups is 1. The molecular formula is C9H8F2O. The SMILES string of the molecule is O=C(CCF)c1cccc(F)c1. The van der Waals surface area contributed by atoms with Crippen LogP contribution in [0.5, 0.6) is 0 Å². The van der Waals surface area contributed by atoms with E-state index in [2.05, 4.69) is 0 Å². The maximum absolute atomic E-state index is 12.5. The smallest absolute Gasteiger partial charge is 0.165 e. The highest BCUT2D eigenvalue weighted by molar-refractivity contribution is 5.96. The van der Waals surface area contributed by atoms with E-state index in [9.17, 15) is 13.6 Å². The molecule has 0 heterocycles. The molecule has 0 atom stereocenters. The van der Waals surface area contributed by atoms with Crippen LogP contribution in [0.4, 0.5) is 8.78 Å². The Morgan fingerprint density at radius 2 is 2.17 bits per heavy atom. The van der Waals surface area contributed by atoms with Crippen LogP contribution in [-0.4, -0.2) is 12.5 Å². The average molecular weight is 170 g/mol. The van der Waals surface area contributed by atoms with Crippen molar-refractivity contribution in [1.29, 1.82) is 0 Å². The van der Waals surface area contributed by atoms with Crippen molar-refractivity contribution in [3.8, 4) is 0 Å². The van der Waals surface area contributed by atoms with Gasteiger partial charge in [-0.1, -0.05) is 12.1 Å². The predicted molar refractivity (Wildman–Crippen MR) is 41.3 cm³/mol. The lowest BCUT2D eigenvalue weighted by Crippen LogP contribution is -1.99. The van der Waals surface area contributed by atoms with E-state index >= 15 is 0 Å². The molecule has 1 rings (SSSR count). The molecule has 0 saturated carbocycles. The number of ketones is 1. The van der Waals surface area contributed by atoms with Gasteiger partial charge in [0.2, 0.25) is 0 Å². The van der Waals surface area contributed by atoms with Gasteiger partial charge >= 0.3 is 0 Å². The number of carbonyl (C=O) groups excluding carboxylic acids is 1. The third kappa shape index (κ3) is 2.12. The molecule has 0 fully saturated rings. The van der Waals surface area contributed by atoms with Crippen molar-refractivity contribution in [3.63, 3.8) is 0 Å². The van der Waals surface area contributed by atoms with Crippen LogP contribution in [0.1, 0.15) is 16.8 Å². The zero-order chi connectivity index (χ0) is 8.97. The Bertz CT molecular complexity index is 284. The Labute approximate surface area is 69.0 Å². The van der Waals surface area contributed by atoms with Crippen LogP contribution in [0.2, 0.25) is 0 Å². The number of hydrogen-bond acceptors (Lipinski definition) is 1. The van der Waals surface area contributed by atoms with E-state index < -0.39 is 12.5 Å². The molecule has 1 nitrogen and oxygen atoms in total. The second kappa shape index (κ2) is 3.95. The minimum atomic E-state index is -0.699. The third-order valence-corrected chi connectivity index (χ3v) is 1.47. The van der Waals surface area contributed by atoms with Gasteiger partial charge in [-0.05, 0) is 12.1 Å². The molecule has 1 aromatic rings. The summed E-state index contributed by atoms with van der Waals surface area (Å²) in [6.07, 6.45) is -0.177. The summed E-state index contributed by atoms with van der Waals surface area (Å²) in [5.41, 5.74) is 0.229. The molecule has 0 saturated heterocycles. The first-order valence-corrected chi connectivity index (χ1v) is 3.59. The van der Waals surface area contributed by atoms with E-state index in [0.29, 0.717) is 0 Å². The van der Waals surface area contributed by atoms with Crippen molar-refractivity contribution in [1.82, 2.24) is 0 Å². The van der Waals surface area contributed by atoms with Gasteiger partial charge < -0.3 is 0 Å². The number of benzene rings is 1. The normalized spacial score (nSPS) is 9.83. The van der Waals surface area contributed by atoms with Crippen LogP contribution in [0.25, 0.3) is 0 Å². The van der Waals surface area contributed by atoms with Gasteiger partial charge in [0.1, 0.15) is 5.82 Å². The summed E-state index contributed by atoms with van der Waals surface area (Å²) < 4.78 is 24.2. The number of hydrogen-bond donors (Lipinski definition) is 0. The van der Waals surface area contributed by atoms with Crippen LogP contribution >= 0.6 is 0 Å². The van der Waals surface area contributed by atoms with Crippen LogP contribution in [0, 0.1) is 5.82 Å². The molecule has 64 valence electrons. The molecule has 0 unspecified atom stereocenters. The first kappa shape index (κ1) is 8.84. The Morgan fingerprint density at radius 1 is 1.42 bits per heavy atom. The summed E-state index contributed by atoms with van der Waals surface area (Å²) >= 11 is 0. The lowest BCUT2D eigenvalue weighted by atomic mass is 10.1. The second-order valence-corrected chi connectivity index (χ2v) is 2.37. The first-order valence-electron chi connectivity index (χ1n) is 3.59. The summed E-state index contributed by atoms with van der Waals surface area (Å²) in [7, 11) is 0. The zero-order valence-corrected chi connectivity index (χ0v) is 6.39. The van der Waals surface area contributed by atoms with Crippen molar-refractivity contribution >= 4 is 5.78 Å². The molecule has 0 spiro atoms. The summed E-state index contributed by atoms with van der Waals surface area (Å²) in [5.74, 6) is -0.836. The summed E-state index contributed by atoms with van der Waals surface area (Å²) in [4.78, 5) is 11.0. The highest BCUT2D eigenvalue weighted by Crippen LogP contribution is 2.06. The second-order valence-electron chi connectivity index (χ2n) is 2.37. The van der Waals surface area contributed by atoms with Gasteiger partial charge in [-0.15, -0.1) is 0 Å². The van der Waals surface area contributed by atoms with Gasteiger partial charge in [0, 0.05) is 12.0 Å². The number of rotatable bonds is 3. The molecule has 3 heteroatoms. The number of alkyl halides is 1. The molecule has 1 aromatic carbocycles. The molecule has 0 aliphatic carbocycles. The Balaban J connectivity index is 2.81. The largest absolute Gasteiger partial charge is 0.294 e. The molecule has 0 bridgehead atoms. The molecule has 0 aliphatic heterocycles. The van der Waals surface area contributed by atoms with Gasteiger partial charge in [0.05, 0.1) is 6.67 Å². The van der Waals surface area contributed by atoms with Gasteiger partial charge in [0.25, 0.3) is 0 Å². The van der Waals surface area contributed by atoms with E-state index in [-0.39, 0.29) is 17.8 Å². The Kier molecular flexibility index (Phi) is 2.91. The average Bonchev–Trinajstić information content (AvgIpc) is 2.05. The van der Waals surface area contributed by atoms with Crippen molar-refractivity contribution in [2.45, 2.75) is 6.42 Å². The topological polar surface area (TPSA) is 17.1 Å². The lowest BCUT2D eigenvalue weighted by Gasteiger charge is -1.96. The van der Waals surface area contributed by atoms with Crippen LogP contribution in [0.3, 0.4) is 0 Å². The zero-order valence-electron chi connectivity index (χ0n) is 6.39.